The lowest BCUT2D eigenvalue weighted by Gasteiger charge is -2.11. The fourth-order valence-corrected chi connectivity index (χ4v) is 3.68. The first-order chi connectivity index (χ1) is 14.2. The lowest BCUT2D eigenvalue weighted by Crippen LogP contribution is -2.08. The number of ether oxygens (including phenoxy) is 2. The van der Waals surface area contributed by atoms with Crippen molar-refractivity contribution in [1.29, 1.82) is 0 Å². The molecule has 0 atom stereocenters. The van der Waals surface area contributed by atoms with Crippen molar-refractivity contribution in [1.82, 2.24) is 9.55 Å². The number of benzene rings is 2. The molecule has 1 aromatic heterocycles. The number of imidazole rings is 1. The number of aryl methyl sites for hydroxylation is 2. The molecule has 2 aliphatic rings. The van der Waals surface area contributed by atoms with Crippen LogP contribution in [0.5, 0.6) is 11.5 Å². The lowest BCUT2D eigenvalue weighted by atomic mass is 10.1. The minimum absolute atomic E-state index is 0.191. The standard InChI is InChI=1S/C23H21N3O3/c27-23(10-8-16-7-9-20-21(12-16)29-15-28-20)24-18-5-3-4-17(13-18)19-14-26-11-2-1-6-22(26)25-19/h3-5,7-10,12-14H,1-2,6,11,15H2,(H,24,27)/b10-8+. The summed E-state index contributed by atoms with van der Waals surface area (Å²) in [4.78, 5) is 17.1. The Balaban J connectivity index is 1.28. The number of nitrogens with zero attached hydrogens (tertiary/aromatic N) is 2. The normalized spacial score (nSPS) is 14.8. The van der Waals surface area contributed by atoms with Crippen molar-refractivity contribution in [2.75, 3.05) is 12.1 Å². The molecule has 146 valence electrons. The molecule has 3 heterocycles. The molecule has 0 radical (unpaired) electrons. The molecule has 0 bridgehead atoms. The fourth-order valence-electron chi connectivity index (χ4n) is 3.68. The van der Waals surface area contributed by atoms with Gasteiger partial charge in [-0.05, 0) is 48.7 Å². The third-order valence-corrected chi connectivity index (χ3v) is 5.16. The molecule has 2 aromatic carbocycles. The van der Waals surface area contributed by atoms with E-state index in [1.54, 1.807) is 6.08 Å². The van der Waals surface area contributed by atoms with Crippen LogP contribution in [0.25, 0.3) is 17.3 Å². The van der Waals surface area contributed by atoms with Gasteiger partial charge >= 0.3 is 0 Å². The summed E-state index contributed by atoms with van der Waals surface area (Å²) in [5, 5.41) is 2.92. The Labute approximate surface area is 168 Å². The molecule has 0 unspecified atom stereocenters. The van der Waals surface area contributed by atoms with Gasteiger partial charge in [-0.25, -0.2) is 4.98 Å². The van der Waals surface area contributed by atoms with Gasteiger partial charge in [-0.1, -0.05) is 18.2 Å². The van der Waals surface area contributed by atoms with Gasteiger partial charge in [0.05, 0.1) is 5.69 Å². The first-order valence-electron chi connectivity index (χ1n) is 9.80. The lowest BCUT2D eigenvalue weighted by molar-refractivity contribution is -0.111. The van der Waals surface area contributed by atoms with Gasteiger partial charge in [-0.2, -0.15) is 0 Å². The van der Waals surface area contributed by atoms with E-state index in [9.17, 15) is 4.79 Å². The van der Waals surface area contributed by atoms with E-state index < -0.39 is 0 Å². The van der Waals surface area contributed by atoms with Crippen LogP contribution in [0.4, 0.5) is 5.69 Å². The second-order valence-electron chi connectivity index (χ2n) is 7.21. The Morgan fingerprint density at radius 3 is 2.97 bits per heavy atom. The first kappa shape index (κ1) is 17.6. The number of hydrogen-bond donors (Lipinski definition) is 1. The molecular formula is C23H21N3O3. The molecule has 6 nitrogen and oxygen atoms in total. The van der Waals surface area contributed by atoms with Crippen LogP contribution in [0.3, 0.4) is 0 Å². The van der Waals surface area contributed by atoms with E-state index in [4.69, 9.17) is 14.5 Å². The van der Waals surface area contributed by atoms with Crippen molar-refractivity contribution in [3.63, 3.8) is 0 Å². The first-order valence-corrected chi connectivity index (χ1v) is 9.80. The van der Waals surface area contributed by atoms with Crippen LogP contribution in [-0.2, 0) is 17.8 Å². The molecular weight excluding hydrogens is 366 g/mol. The van der Waals surface area contributed by atoms with Gasteiger partial charge in [-0.3, -0.25) is 4.79 Å². The van der Waals surface area contributed by atoms with E-state index in [0.29, 0.717) is 5.75 Å². The van der Waals surface area contributed by atoms with Crippen LogP contribution in [0.15, 0.2) is 54.7 Å². The molecule has 0 saturated heterocycles. The van der Waals surface area contributed by atoms with E-state index >= 15 is 0 Å². The van der Waals surface area contributed by atoms with Gasteiger partial charge in [0.2, 0.25) is 12.7 Å². The van der Waals surface area contributed by atoms with E-state index in [2.05, 4.69) is 16.1 Å². The number of amides is 1. The number of anilines is 1. The summed E-state index contributed by atoms with van der Waals surface area (Å²) in [5.41, 5.74) is 3.58. The summed E-state index contributed by atoms with van der Waals surface area (Å²) < 4.78 is 12.9. The zero-order valence-electron chi connectivity index (χ0n) is 15.9. The van der Waals surface area contributed by atoms with Crippen LogP contribution in [0.1, 0.15) is 24.2 Å². The second-order valence-corrected chi connectivity index (χ2v) is 7.21. The summed E-state index contributed by atoms with van der Waals surface area (Å²) >= 11 is 0. The third-order valence-electron chi connectivity index (χ3n) is 5.16. The maximum absolute atomic E-state index is 12.4. The second kappa shape index (κ2) is 7.47. The van der Waals surface area contributed by atoms with E-state index in [1.807, 2.05) is 42.5 Å². The Morgan fingerprint density at radius 1 is 1.10 bits per heavy atom. The smallest absolute Gasteiger partial charge is 0.248 e. The number of hydrogen-bond acceptors (Lipinski definition) is 4. The molecule has 3 aromatic rings. The van der Waals surface area contributed by atoms with Crippen molar-refractivity contribution < 1.29 is 14.3 Å². The summed E-state index contributed by atoms with van der Waals surface area (Å²) in [6.07, 6.45) is 8.80. The molecule has 29 heavy (non-hydrogen) atoms. The maximum Gasteiger partial charge on any atom is 0.248 e. The zero-order valence-corrected chi connectivity index (χ0v) is 15.9. The van der Waals surface area contributed by atoms with Crippen LogP contribution >= 0.6 is 0 Å². The van der Waals surface area contributed by atoms with E-state index in [-0.39, 0.29) is 12.7 Å². The summed E-state index contributed by atoms with van der Waals surface area (Å²) in [5.74, 6) is 2.38. The Kier molecular flexibility index (Phi) is 4.52. The van der Waals surface area contributed by atoms with Crippen molar-refractivity contribution >= 4 is 17.7 Å². The number of aromatic nitrogens is 2. The van der Waals surface area contributed by atoms with Crippen molar-refractivity contribution in [3.8, 4) is 22.8 Å². The average molecular weight is 387 g/mol. The molecule has 0 fully saturated rings. The highest BCUT2D eigenvalue weighted by Crippen LogP contribution is 2.32. The molecule has 6 heteroatoms. The predicted octanol–water partition coefficient (Wildman–Crippen LogP) is 4.27. The Morgan fingerprint density at radius 2 is 2.03 bits per heavy atom. The molecule has 1 N–H and O–H groups in total. The monoisotopic (exact) mass is 387 g/mol. The summed E-state index contributed by atoms with van der Waals surface area (Å²) in [6.45, 7) is 1.27. The van der Waals surface area contributed by atoms with Crippen LogP contribution < -0.4 is 14.8 Å². The number of carbonyl (C=O) groups excluding carboxylic acids is 1. The van der Waals surface area contributed by atoms with E-state index in [1.165, 1.54) is 18.9 Å². The van der Waals surface area contributed by atoms with Gasteiger partial charge in [0.1, 0.15) is 5.82 Å². The topological polar surface area (TPSA) is 65.4 Å². The van der Waals surface area contributed by atoms with Crippen LogP contribution in [-0.4, -0.2) is 22.3 Å². The number of rotatable bonds is 4. The highest BCUT2D eigenvalue weighted by atomic mass is 16.7. The molecule has 0 saturated carbocycles. The Hall–Kier alpha value is -3.54. The van der Waals surface area contributed by atoms with Gasteiger partial charge in [0, 0.05) is 36.5 Å². The largest absolute Gasteiger partial charge is 0.454 e. The van der Waals surface area contributed by atoms with E-state index in [0.717, 1.165) is 47.0 Å². The molecule has 2 aliphatic heterocycles. The van der Waals surface area contributed by atoms with Crippen LogP contribution in [0, 0.1) is 0 Å². The fraction of sp³-hybridized carbons (Fsp3) is 0.217. The number of fused-ring (bicyclic) bond motifs is 2. The van der Waals surface area contributed by atoms with Gasteiger partial charge in [0.25, 0.3) is 0 Å². The minimum Gasteiger partial charge on any atom is -0.454 e. The molecule has 1 amide bonds. The number of nitrogens with one attached hydrogen (secondary N) is 1. The average Bonchev–Trinajstić information content (AvgIpc) is 3.39. The predicted molar refractivity (Wildman–Crippen MR) is 111 cm³/mol. The van der Waals surface area contributed by atoms with Gasteiger partial charge < -0.3 is 19.4 Å². The quantitative estimate of drug-likeness (QED) is 0.679. The molecule has 0 aliphatic carbocycles. The van der Waals surface area contributed by atoms with Gasteiger partial charge in [-0.15, -0.1) is 0 Å². The SMILES string of the molecule is O=C(/C=C/c1ccc2c(c1)OCO2)Nc1cccc(-c2cn3c(n2)CCCC3)c1. The molecule has 5 rings (SSSR count). The highest BCUT2D eigenvalue weighted by Gasteiger charge is 2.14. The van der Waals surface area contributed by atoms with Crippen molar-refractivity contribution in [2.45, 2.75) is 25.8 Å². The van der Waals surface area contributed by atoms with Gasteiger partial charge in [0.15, 0.2) is 11.5 Å². The van der Waals surface area contributed by atoms with Crippen molar-refractivity contribution in [2.24, 2.45) is 0 Å². The Bertz CT molecular complexity index is 1080. The number of carbonyl (C=O) groups is 1. The van der Waals surface area contributed by atoms with Crippen LogP contribution in [0.2, 0.25) is 0 Å². The summed E-state index contributed by atoms with van der Waals surface area (Å²) in [7, 11) is 0. The minimum atomic E-state index is -0.191. The third kappa shape index (κ3) is 3.74. The summed E-state index contributed by atoms with van der Waals surface area (Å²) in [6, 6.07) is 13.4. The highest BCUT2D eigenvalue weighted by molar-refractivity contribution is 6.02. The van der Waals surface area contributed by atoms with Crippen molar-refractivity contribution in [3.05, 3.63) is 66.1 Å². The molecule has 0 spiro atoms. The zero-order chi connectivity index (χ0) is 19.6. The maximum atomic E-state index is 12.4.